The van der Waals surface area contributed by atoms with Crippen molar-refractivity contribution in [3.63, 3.8) is 0 Å². The summed E-state index contributed by atoms with van der Waals surface area (Å²) in [6.45, 7) is -6.08. The van der Waals surface area contributed by atoms with Gasteiger partial charge >= 0.3 is 58.4 Å². The maximum atomic E-state index is 12.0. The van der Waals surface area contributed by atoms with E-state index in [-0.39, 0.29) is 51.4 Å². The van der Waals surface area contributed by atoms with Crippen molar-refractivity contribution < 1.29 is 69.1 Å². The first-order valence-corrected chi connectivity index (χ1v) is 7.01. The normalized spacial score (nSPS) is 10.9. The Hall–Kier alpha value is 2.70. The van der Waals surface area contributed by atoms with Crippen LogP contribution in [0.1, 0.15) is 0 Å². The van der Waals surface area contributed by atoms with Gasteiger partial charge in [0, 0.05) is 3.57 Å². The van der Waals surface area contributed by atoms with Crippen LogP contribution < -0.4 is 56.1 Å². The molecule has 0 fully saturated rings. The van der Waals surface area contributed by atoms with Gasteiger partial charge in [0.15, 0.2) is 0 Å². The van der Waals surface area contributed by atoms with Crippen LogP contribution in [0.5, 0.6) is 5.75 Å². The summed E-state index contributed by atoms with van der Waals surface area (Å²) in [4.78, 5) is 0. The number of halogens is 6. The molecule has 1 nitrogen and oxygen atoms in total. The fourth-order valence-electron chi connectivity index (χ4n) is 0.845. The quantitative estimate of drug-likeness (QED) is 0.380. The summed E-state index contributed by atoms with van der Waals surface area (Å²) in [7, 11) is 0. The van der Waals surface area contributed by atoms with E-state index in [4.69, 9.17) is 4.74 Å². The number of hydrogen-bond donors (Lipinski definition) is 0. The molecule has 0 aliphatic carbocycles. The topological polar surface area (TPSA) is 9.23 Å². The molecule has 1 rings (SSSR count). The number of hydrogen-bond acceptors (Lipinski definition) is 1. The molecule has 9 heteroatoms. The van der Waals surface area contributed by atoms with Crippen molar-refractivity contribution in [1.29, 1.82) is 0 Å². The maximum absolute atomic E-state index is 12.0. The number of benzene rings is 1. The van der Waals surface area contributed by atoms with E-state index >= 15 is 0 Å². The minimum atomic E-state index is -4.90. The predicted molar refractivity (Wildman–Crippen MR) is 79.2 cm³/mol. The monoisotopic (exact) mass is 592 g/mol. The average molecular weight is 592 g/mol. The Morgan fingerprint density at radius 3 is 1.88 bits per heavy atom. The minimum Gasteiger partial charge on any atom is -0.520 e. The van der Waals surface area contributed by atoms with E-state index in [1.165, 1.54) is 0 Å². The van der Waals surface area contributed by atoms with Gasteiger partial charge < -0.3 is 17.7 Å². The Labute approximate surface area is 175 Å². The molecule has 0 aliphatic rings. The molecule has 0 spiro atoms. The van der Waals surface area contributed by atoms with Gasteiger partial charge in [0.25, 0.3) is 0 Å². The van der Waals surface area contributed by atoms with Crippen molar-refractivity contribution in [2.75, 3.05) is 6.51 Å². The summed E-state index contributed by atoms with van der Waals surface area (Å²) in [5, 5.41) is 0. The predicted octanol–water partition coefficient (Wildman–Crippen LogP) is 1.27. The molecule has 0 bridgehead atoms. The first-order valence-electron chi connectivity index (χ1n) is 3.78. The summed E-state index contributed by atoms with van der Waals surface area (Å²) < 4.78 is 43.2. The maximum Gasteiger partial charge on any atom is 1.00 e. The van der Waals surface area contributed by atoms with E-state index in [0.717, 1.165) is 3.57 Å². The Kier molecular flexibility index (Phi) is 9.46. The van der Waals surface area contributed by atoms with Crippen LogP contribution in [-0.4, -0.2) is 13.5 Å². The van der Waals surface area contributed by atoms with E-state index in [1.807, 2.05) is 45.2 Å². The molecule has 0 unspecified atom stereocenters. The van der Waals surface area contributed by atoms with Crippen LogP contribution in [0.3, 0.4) is 0 Å². The van der Waals surface area contributed by atoms with E-state index in [2.05, 4.69) is 22.6 Å². The van der Waals surface area contributed by atoms with Crippen LogP contribution in [0.15, 0.2) is 12.1 Å². The third-order valence-corrected chi connectivity index (χ3v) is 3.61. The summed E-state index contributed by atoms with van der Waals surface area (Å²) in [5.74, 6) is 0.316. The van der Waals surface area contributed by atoms with Crippen molar-refractivity contribution in [2.24, 2.45) is 0 Å². The van der Waals surface area contributed by atoms with Crippen molar-refractivity contribution in [2.45, 2.75) is 0 Å². The third kappa shape index (κ3) is 6.75. The second kappa shape index (κ2) is 8.09. The summed E-state index contributed by atoms with van der Waals surface area (Å²) in [5.41, 5.74) is 0. The number of ether oxygens (including phenoxy) is 1. The van der Waals surface area contributed by atoms with Gasteiger partial charge in [-0.05, 0) is 79.9 Å². The molecule has 1 aromatic carbocycles. The third-order valence-electron chi connectivity index (χ3n) is 1.38. The van der Waals surface area contributed by atoms with Crippen molar-refractivity contribution in [3.05, 3.63) is 22.8 Å². The molecule has 0 heterocycles. The molecule has 0 aliphatic heterocycles. The van der Waals surface area contributed by atoms with Crippen LogP contribution in [0.2, 0.25) is 0 Å². The molecule has 0 atom stereocenters. The molecule has 0 N–H and O–H groups in total. The largest absolute Gasteiger partial charge is 1.00 e. The van der Waals surface area contributed by atoms with E-state index < -0.39 is 13.5 Å². The summed E-state index contributed by atoms with van der Waals surface area (Å²) in [6, 6.07) is 3.56. The molecular weight excluding hydrogens is 588 g/mol. The van der Waals surface area contributed by atoms with Gasteiger partial charge in [-0.3, -0.25) is 0 Å². The summed E-state index contributed by atoms with van der Waals surface area (Å²) in [6.07, 6.45) is 0. The first-order chi connectivity index (χ1) is 6.79. The van der Waals surface area contributed by atoms with Gasteiger partial charge in [-0.1, -0.05) is 0 Å². The first kappa shape index (κ1) is 18.7. The molecule has 0 amide bonds. The zero-order valence-electron chi connectivity index (χ0n) is 8.12. The summed E-state index contributed by atoms with van der Waals surface area (Å²) >= 11 is 6.05. The van der Waals surface area contributed by atoms with Gasteiger partial charge in [0.1, 0.15) is 5.75 Å². The van der Waals surface area contributed by atoms with E-state index in [9.17, 15) is 12.9 Å². The van der Waals surface area contributed by atoms with E-state index in [1.54, 1.807) is 12.1 Å². The van der Waals surface area contributed by atoms with Crippen LogP contribution in [0.25, 0.3) is 0 Å². The molecule has 0 saturated carbocycles. The molecule has 0 saturated heterocycles. The molecule has 84 valence electrons. The van der Waals surface area contributed by atoms with Crippen LogP contribution in [0.4, 0.5) is 12.9 Å². The van der Waals surface area contributed by atoms with Crippen molar-refractivity contribution in [1.82, 2.24) is 0 Å². The average Bonchev–Trinajstić information content (AvgIpc) is 1.99. The Morgan fingerprint density at radius 1 is 1.06 bits per heavy atom. The molecule has 16 heavy (non-hydrogen) atoms. The minimum absolute atomic E-state index is 0. The molecular formula is C7H4BF3I3KO. The van der Waals surface area contributed by atoms with Crippen molar-refractivity contribution >= 4 is 74.7 Å². The van der Waals surface area contributed by atoms with Crippen LogP contribution in [0, 0.1) is 10.7 Å². The second-order valence-corrected chi connectivity index (χ2v) is 6.29. The second-order valence-electron chi connectivity index (χ2n) is 2.72. The Morgan fingerprint density at radius 2 is 1.50 bits per heavy atom. The van der Waals surface area contributed by atoms with Gasteiger partial charge in [-0.2, -0.15) is 0 Å². The van der Waals surface area contributed by atoms with Crippen molar-refractivity contribution in [3.8, 4) is 5.75 Å². The van der Waals surface area contributed by atoms with Gasteiger partial charge in [-0.15, -0.1) is 0 Å². The van der Waals surface area contributed by atoms with E-state index in [0.29, 0.717) is 12.9 Å². The fraction of sp³-hybridized carbons (Fsp3) is 0.143. The van der Waals surface area contributed by atoms with Gasteiger partial charge in [0.05, 0.1) is 13.6 Å². The van der Waals surface area contributed by atoms with Gasteiger partial charge in [-0.25, -0.2) is 0 Å². The fourth-order valence-corrected chi connectivity index (χ4v) is 4.74. The number of rotatable bonds is 3. The molecule has 0 aromatic heterocycles. The SMILES string of the molecule is F[B-](F)(F)COc1c(I)cc(I)cc1I.[K+]. The Balaban J connectivity index is 0.00000225. The zero-order valence-corrected chi connectivity index (χ0v) is 17.7. The van der Waals surface area contributed by atoms with Crippen LogP contribution in [-0.2, 0) is 0 Å². The smallest absolute Gasteiger partial charge is 0.520 e. The Bertz CT molecular complexity index is 351. The zero-order chi connectivity index (χ0) is 11.6. The standard InChI is InChI=1S/C7H4BF3I3O.K/c9-8(10,11)3-15-7-5(13)1-4(12)2-6(7)14;/h1-2H,3H2;/q-1;+1. The molecule has 1 aromatic rings. The molecule has 0 radical (unpaired) electrons. The van der Waals surface area contributed by atoms with Crippen LogP contribution >= 0.6 is 67.8 Å². The van der Waals surface area contributed by atoms with Gasteiger partial charge in [0.2, 0.25) is 0 Å².